The van der Waals surface area contributed by atoms with Crippen LogP contribution in [0, 0.1) is 11.6 Å². The molecule has 0 aliphatic rings. The first-order valence-electron chi connectivity index (χ1n) is 5.60. The van der Waals surface area contributed by atoms with E-state index in [0.29, 0.717) is 5.75 Å². The molecular formula is C14H10BrF2NO2. The first-order chi connectivity index (χ1) is 9.49. The molecule has 20 heavy (non-hydrogen) atoms. The number of anilines is 1. The summed E-state index contributed by atoms with van der Waals surface area (Å²) in [7, 11) is 1.43. The molecule has 0 heterocycles. The topological polar surface area (TPSA) is 38.3 Å². The third-order valence-electron chi connectivity index (χ3n) is 2.53. The minimum atomic E-state index is -0.761. The summed E-state index contributed by atoms with van der Waals surface area (Å²) in [6, 6.07) is 7.65. The Labute approximate surface area is 122 Å². The van der Waals surface area contributed by atoms with Crippen molar-refractivity contribution >= 4 is 27.5 Å². The van der Waals surface area contributed by atoms with E-state index in [1.54, 1.807) is 18.2 Å². The molecule has 0 saturated carbocycles. The lowest BCUT2D eigenvalue weighted by atomic mass is 10.2. The summed E-state index contributed by atoms with van der Waals surface area (Å²) in [5.41, 5.74) is 0.304. The molecule has 0 bridgehead atoms. The van der Waals surface area contributed by atoms with Crippen LogP contribution in [0.3, 0.4) is 0 Å². The Balaban J connectivity index is 2.28. The van der Waals surface area contributed by atoms with Gasteiger partial charge in [0.2, 0.25) is 0 Å². The molecule has 1 N–H and O–H groups in total. The summed E-state index contributed by atoms with van der Waals surface area (Å²) in [4.78, 5) is 12.1. The molecule has 0 aromatic heterocycles. The van der Waals surface area contributed by atoms with Crippen molar-refractivity contribution in [2.24, 2.45) is 0 Å². The van der Waals surface area contributed by atoms with E-state index in [1.807, 2.05) is 0 Å². The normalized spacial score (nSPS) is 10.2. The number of halogens is 3. The number of rotatable bonds is 3. The van der Waals surface area contributed by atoms with Gasteiger partial charge in [-0.1, -0.05) is 15.9 Å². The highest BCUT2D eigenvalue weighted by atomic mass is 79.9. The summed E-state index contributed by atoms with van der Waals surface area (Å²) in [6.45, 7) is 0. The second-order valence-electron chi connectivity index (χ2n) is 3.96. The molecule has 6 heteroatoms. The Morgan fingerprint density at radius 3 is 2.40 bits per heavy atom. The zero-order valence-electron chi connectivity index (χ0n) is 10.4. The van der Waals surface area contributed by atoms with E-state index in [-0.39, 0.29) is 11.3 Å². The number of carbonyl (C=O) groups is 1. The standard InChI is InChI=1S/C14H10BrF2NO2/c1-20-13-4-8(15)2-3-12(13)14(19)18-11-6-9(16)5-10(17)7-11/h2-7H,1H3,(H,18,19). The minimum Gasteiger partial charge on any atom is -0.496 e. The van der Waals surface area contributed by atoms with Gasteiger partial charge in [0.05, 0.1) is 12.7 Å². The summed E-state index contributed by atoms with van der Waals surface area (Å²) in [6.07, 6.45) is 0. The largest absolute Gasteiger partial charge is 0.496 e. The zero-order chi connectivity index (χ0) is 14.7. The van der Waals surface area contributed by atoms with Gasteiger partial charge in [-0.3, -0.25) is 4.79 Å². The molecule has 0 aliphatic heterocycles. The van der Waals surface area contributed by atoms with E-state index in [2.05, 4.69) is 21.2 Å². The van der Waals surface area contributed by atoms with E-state index in [1.165, 1.54) is 7.11 Å². The average Bonchev–Trinajstić information content (AvgIpc) is 2.37. The molecule has 0 atom stereocenters. The second-order valence-corrected chi connectivity index (χ2v) is 4.87. The highest BCUT2D eigenvalue weighted by Gasteiger charge is 2.13. The van der Waals surface area contributed by atoms with E-state index in [0.717, 1.165) is 22.7 Å². The van der Waals surface area contributed by atoms with E-state index >= 15 is 0 Å². The molecular weight excluding hydrogens is 332 g/mol. The highest BCUT2D eigenvalue weighted by molar-refractivity contribution is 9.10. The van der Waals surface area contributed by atoms with Gasteiger partial charge in [-0.05, 0) is 30.3 Å². The van der Waals surface area contributed by atoms with Crippen LogP contribution in [0.25, 0.3) is 0 Å². The van der Waals surface area contributed by atoms with Crippen LogP contribution in [-0.4, -0.2) is 13.0 Å². The third kappa shape index (κ3) is 3.33. The Bertz CT molecular complexity index is 641. The lowest BCUT2D eigenvalue weighted by molar-refractivity contribution is 0.102. The number of amides is 1. The first kappa shape index (κ1) is 14.5. The fraction of sp³-hybridized carbons (Fsp3) is 0.0714. The second kappa shape index (κ2) is 6.00. The summed E-state index contributed by atoms with van der Waals surface area (Å²) in [5.74, 6) is -1.68. The molecule has 0 radical (unpaired) electrons. The summed E-state index contributed by atoms with van der Waals surface area (Å²) in [5, 5.41) is 2.42. The van der Waals surface area contributed by atoms with E-state index < -0.39 is 17.5 Å². The van der Waals surface area contributed by atoms with Crippen molar-refractivity contribution in [1.29, 1.82) is 0 Å². The van der Waals surface area contributed by atoms with Crippen LogP contribution in [0.2, 0.25) is 0 Å². The maximum absolute atomic E-state index is 13.1. The highest BCUT2D eigenvalue weighted by Crippen LogP contribution is 2.24. The predicted molar refractivity (Wildman–Crippen MR) is 75.0 cm³/mol. The maximum atomic E-state index is 13.1. The van der Waals surface area contributed by atoms with Crippen LogP contribution in [0.15, 0.2) is 40.9 Å². The minimum absolute atomic E-state index is 0.0393. The van der Waals surface area contributed by atoms with Gasteiger partial charge in [0, 0.05) is 16.2 Å². The number of methoxy groups -OCH3 is 1. The van der Waals surface area contributed by atoms with Gasteiger partial charge in [0.1, 0.15) is 17.4 Å². The predicted octanol–water partition coefficient (Wildman–Crippen LogP) is 3.99. The van der Waals surface area contributed by atoms with Gasteiger partial charge < -0.3 is 10.1 Å². The van der Waals surface area contributed by atoms with Crippen molar-refractivity contribution in [3.63, 3.8) is 0 Å². The van der Waals surface area contributed by atoms with Gasteiger partial charge in [0.15, 0.2) is 0 Å². The SMILES string of the molecule is COc1cc(Br)ccc1C(=O)Nc1cc(F)cc(F)c1. The molecule has 0 unspecified atom stereocenters. The smallest absolute Gasteiger partial charge is 0.259 e. The van der Waals surface area contributed by atoms with Crippen molar-refractivity contribution in [2.75, 3.05) is 12.4 Å². The van der Waals surface area contributed by atoms with Gasteiger partial charge in [0.25, 0.3) is 5.91 Å². The molecule has 0 saturated heterocycles. The van der Waals surface area contributed by atoms with Crippen LogP contribution >= 0.6 is 15.9 Å². The summed E-state index contributed by atoms with van der Waals surface area (Å²) < 4.78 is 32.0. The quantitative estimate of drug-likeness (QED) is 0.916. The van der Waals surface area contributed by atoms with Crippen LogP contribution in [0.4, 0.5) is 14.5 Å². The third-order valence-corrected chi connectivity index (χ3v) is 3.02. The number of hydrogen-bond donors (Lipinski definition) is 1. The van der Waals surface area contributed by atoms with E-state index in [9.17, 15) is 13.6 Å². The van der Waals surface area contributed by atoms with Crippen LogP contribution in [0.5, 0.6) is 5.75 Å². The van der Waals surface area contributed by atoms with Gasteiger partial charge in [-0.2, -0.15) is 0 Å². The number of hydrogen-bond acceptors (Lipinski definition) is 2. The van der Waals surface area contributed by atoms with Crippen molar-refractivity contribution in [2.45, 2.75) is 0 Å². The lowest BCUT2D eigenvalue weighted by Crippen LogP contribution is -2.13. The molecule has 104 valence electrons. The Morgan fingerprint density at radius 1 is 1.15 bits per heavy atom. The number of carbonyl (C=O) groups excluding carboxylic acids is 1. The van der Waals surface area contributed by atoms with Crippen molar-refractivity contribution in [1.82, 2.24) is 0 Å². The lowest BCUT2D eigenvalue weighted by Gasteiger charge is -2.10. The summed E-state index contributed by atoms with van der Waals surface area (Å²) >= 11 is 3.26. The average molecular weight is 342 g/mol. The first-order valence-corrected chi connectivity index (χ1v) is 6.40. The Hall–Kier alpha value is -1.95. The van der Waals surface area contributed by atoms with E-state index in [4.69, 9.17) is 4.74 Å². The number of benzene rings is 2. The van der Waals surface area contributed by atoms with Crippen molar-refractivity contribution in [3.8, 4) is 5.75 Å². The van der Waals surface area contributed by atoms with Crippen molar-refractivity contribution < 1.29 is 18.3 Å². The number of ether oxygens (including phenoxy) is 1. The monoisotopic (exact) mass is 341 g/mol. The van der Waals surface area contributed by atoms with Gasteiger partial charge in [-0.25, -0.2) is 8.78 Å². The van der Waals surface area contributed by atoms with Crippen molar-refractivity contribution in [3.05, 3.63) is 58.1 Å². The van der Waals surface area contributed by atoms with Gasteiger partial charge >= 0.3 is 0 Å². The van der Waals surface area contributed by atoms with Crippen LogP contribution in [0.1, 0.15) is 10.4 Å². The molecule has 2 rings (SSSR count). The van der Waals surface area contributed by atoms with Crippen LogP contribution < -0.4 is 10.1 Å². The molecule has 0 aliphatic carbocycles. The molecule has 3 nitrogen and oxygen atoms in total. The Kier molecular flexibility index (Phi) is 4.34. The van der Waals surface area contributed by atoms with Crippen LogP contribution in [-0.2, 0) is 0 Å². The maximum Gasteiger partial charge on any atom is 0.259 e. The number of nitrogens with one attached hydrogen (secondary N) is 1. The molecule has 0 spiro atoms. The fourth-order valence-electron chi connectivity index (χ4n) is 1.68. The van der Waals surface area contributed by atoms with Gasteiger partial charge in [-0.15, -0.1) is 0 Å². The fourth-order valence-corrected chi connectivity index (χ4v) is 2.02. The molecule has 2 aromatic rings. The molecule has 1 amide bonds. The Morgan fingerprint density at radius 2 is 1.80 bits per heavy atom. The molecule has 2 aromatic carbocycles. The molecule has 0 fully saturated rings. The zero-order valence-corrected chi connectivity index (χ0v) is 12.0.